The molecule has 0 aliphatic carbocycles. The predicted molar refractivity (Wildman–Crippen MR) is 75.5 cm³/mol. The smallest absolute Gasteiger partial charge is 0.277 e. The monoisotopic (exact) mass is 260 g/mol. The molecule has 4 heteroatoms. The summed E-state index contributed by atoms with van der Waals surface area (Å²) >= 11 is 1.49. The summed E-state index contributed by atoms with van der Waals surface area (Å²) in [5.41, 5.74) is 3.73. The van der Waals surface area contributed by atoms with E-state index in [9.17, 15) is 4.79 Å². The maximum absolute atomic E-state index is 12.3. The van der Waals surface area contributed by atoms with Crippen molar-refractivity contribution in [1.82, 2.24) is 4.98 Å². The van der Waals surface area contributed by atoms with Gasteiger partial charge in [-0.1, -0.05) is 17.7 Å². The van der Waals surface area contributed by atoms with Crippen LogP contribution in [0.2, 0.25) is 0 Å². The van der Waals surface area contributed by atoms with Crippen molar-refractivity contribution >= 4 is 22.9 Å². The van der Waals surface area contributed by atoms with Gasteiger partial charge in [-0.15, -0.1) is 11.3 Å². The van der Waals surface area contributed by atoms with Gasteiger partial charge in [0.1, 0.15) is 5.69 Å². The van der Waals surface area contributed by atoms with E-state index in [0.717, 1.165) is 16.3 Å². The topological polar surface area (TPSA) is 33.2 Å². The summed E-state index contributed by atoms with van der Waals surface area (Å²) in [5.74, 6) is -0.0636. The molecule has 3 nitrogen and oxygen atoms in total. The van der Waals surface area contributed by atoms with Gasteiger partial charge >= 0.3 is 0 Å². The molecule has 2 rings (SSSR count). The van der Waals surface area contributed by atoms with Gasteiger partial charge in [-0.25, -0.2) is 4.98 Å². The highest BCUT2D eigenvalue weighted by molar-refractivity contribution is 7.09. The van der Waals surface area contributed by atoms with Gasteiger partial charge in [-0.05, 0) is 32.4 Å². The molecule has 0 unspecified atom stereocenters. The number of rotatable bonds is 2. The van der Waals surface area contributed by atoms with Gasteiger partial charge < -0.3 is 4.90 Å². The second kappa shape index (κ2) is 4.90. The number of thiazole rings is 1. The van der Waals surface area contributed by atoms with Gasteiger partial charge in [0.05, 0.1) is 5.01 Å². The molecule has 0 aliphatic heterocycles. The largest absolute Gasteiger partial charge is 0.310 e. The van der Waals surface area contributed by atoms with E-state index in [0.29, 0.717) is 5.69 Å². The van der Waals surface area contributed by atoms with E-state index in [-0.39, 0.29) is 5.91 Å². The fourth-order valence-corrected chi connectivity index (χ4v) is 2.51. The lowest BCUT2D eigenvalue weighted by Gasteiger charge is -2.18. The molecule has 0 atom stereocenters. The number of hydrogen-bond donors (Lipinski definition) is 0. The lowest BCUT2D eigenvalue weighted by atomic mass is 10.1. The maximum Gasteiger partial charge on any atom is 0.277 e. The number of benzene rings is 1. The van der Waals surface area contributed by atoms with Crippen LogP contribution in [-0.2, 0) is 0 Å². The number of carbonyl (C=O) groups is 1. The third kappa shape index (κ3) is 2.43. The molecule has 1 aromatic carbocycles. The lowest BCUT2D eigenvalue weighted by molar-refractivity contribution is 0.0988. The van der Waals surface area contributed by atoms with Crippen LogP contribution in [0.1, 0.15) is 26.6 Å². The molecule has 1 heterocycles. The minimum absolute atomic E-state index is 0.0636. The first-order valence-corrected chi connectivity index (χ1v) is 6.64. The molecule has 0 saturated carbocycles. The number of carbonyl (C=O) groups excluding carboxylic acids is 1. The standard InChI is InChI=1S/C14H16N2OS/c1-9-5-6-13(10(2)7-9)16(4)14(17)12-8-18-11(3)15-12/h5-8H,1-4H3. The van der Waals surface area contributed by atoms with Gasteiger partial charge in [0, 0.05) is 18.1 Å². The molecule has 0 saturated heterocycles. The summed E-state index contributed by atoms with van der Waals surface area (Å²) in [6.07, 6.45) is 0. The van der Waals surface area contributed by atoms with E-state index in [1.807, 2.05) is 32.9 Å². The second-order valence-corrected chi connectivity index (χ2v) is 5.47. The minimum Gasteiger partial charge on any atom is -0.310 e. The molecule has 0 radical (unpaired) electrons. The Morgan fingerprint density at radius 2 is 2.00 bits per heavy atom. The van der Waals surface area contributed by atoms with Crippen LogP contribution >= 0.6 is 11.3 Å². The average molecular weight is 260 g/mol. The first-order valence-electron chi connectivity index (χ1n) is 5.76. The minimum atomic E-state index is -0.0636. The van der Waals surface area contributed by atoms with E-state index in [1.54, 1.807) is 17.3 Å². The summed E-state index contributed by atoms with van der Waals surface area (Å²) in [6.45, 7) is 5.96. The van der Waals surface area contributed by atoms with Crippen LogP contribution in [0.4, 0.5) is 5.69 Å². The third-order valence-electron chi connectivity index (χ3n) is 2.86. The van der Waals surface area contributed by atoms with Crippen molar-refractivity contribution < 1.29 is 4.79 Å². The van der Waals surface area contributed by atoms with Crippen molar-refractivity contribution in [1.29, 1.82) is 0 Å². The summed E-state index contributed by atoms with van der Waals surface area (Å²) in [4.78, 5) is 18.2. The normalized spacial score (nSPS) is 10.4. The van der Waals surface area contributed by atoms with Gasteiger partial charge in [-0.3, -0.25) is 4.79 Å². The van der Waals surface area contributed by atoms with Crippen LogP contribution in [0, 0.1) is 20.8 Å². The summed E-state index contributed by atoms with van der Waals surface area (Å²) < 4.78 is 0. The first kappa shape index (κ1) is 12.8. The Bertz CT molecular complexity index is 589. The van der Waals surface area contributed by atoms with Crippen LogP contribution in [-0.4, -0.2) is 17.9 Å². The molecular formula is C14H16N2OS. The van der Waals surface area contributed by atoms with Crippen LogP contribution in [0.3, 0.4) is 0 Å². The van der Waals surface area contributed by atoms with Crippen molar-refractivity contribution in [3.05, 3.63) is 45.4 Å². The summed E-state index contributed by atoms with van der Waals surface area (Å²) in [6, 6.07) is 6.06. The van der Waals surface area contributed by atoms with Gasteiger partial charge in [0.25, 0.3) is 5.91 Å². The Hall–Kier alpha value is -1.68. The van der Waals surface area contributed by atoms with E-state index >= 15 is 0 Å². The van der Waals surface area contributed by atoms with Crippen molar-refractivity contribution in [3.63, 3.8) is 0 Å². The highest BCUT2D eigenvalue weighted by Crippen LogP contribution is 2.22. The van der Waals surface area contributed by atoms with E-state index in [4.69, 9.17) is 0 Å². The Balaban J connectivity index is 2.31. The predicted octanol–water partition coefficient (Wildman–Crippen LogP) is 3.34. The van der Waals surface area contributed by atoms with Gasteiger partial charge in [-0.2, -0.15) is 0 Å². The molecule has 18 heavy (non-hydrogen) atoms. The highest BCUT2D eigenvalue weighted by atomic mass is 32.1. The molecule has 0 bridgehead atoms. The molecule has 0 aliphatic rings. The van der Waals surface area contributed by atoms with Crippen LogP contribution in [0.25, 0.3) is 0 Å². The van der Waals surface area contributed by atoms with E-state index in [2.05, 4.69) is 11.1 Å². The third-order valence-corrected chi connectivity index (χ3v) is 3.63. The molecule has 94 valence electrons. The fraction of sp³-hybridized carbons (Fsp3) is 0.286. The van der Waals surface area contributed by atoms with Gasteiger partial charge in [0.15, 0.2) is 0 Å². The molecule has 1 aromatic heterocycles. The molecule has 0 fully saturated rings. The Kier molecular flexibility index (Phi) is 3.48. The van der Waals surface area contributed by atoms with E-state index in [1.165, 1.54) is 16.9 Å². The zero-order valence-electron chi connectivity index (χ0n) is 11.0. The second-order valence-electron chi connectivity index (χ2n) is 4.41. The Morgan fingerprint density at radius 3 is 2.56 bits per heavy atom. The zero-order valence-corrected chi connectivity index (χ0v) is 11.8. The van der Waals surface area contributed by atoms with E-state index < -0.39 is 0 Å². The summed E-state index contributed by atoms with van der Waals surface area (Å²) in [7, 11) is 1.79. The number of amides is 1. The molecule has 2 aromatic rings. The van der Waals surface area contributed by atoms with Crippen LogP contribution in [0.5, 0.6) is 0 Å². The van der Waals surface area contributed by atoms with Crippen molar-refractivity contribution in [2.75, 3.05) is 11.9 Å². The highest BCUT2D eigenvalue weighted by Gasteiger charge is 2.17. The Labute approximate surface area is 111 Å². The number of aryl methyl sites for hydroxylation is 3. The Morgan fingerprint density at radius 1 is 1.28 bits per heavy atom. The quantitative estimate of drug-likeness (QED) is 0.829. The number of nitrogens with zero attached hydrogens (tertiary/aromatic N) is 2. The number of hydrogen-bond acceptors (Lipinski definition) is 3. The van der Waals surface area contributed by atoms with Crippen molar-refractivity contribution in [2.24, 2.45) is 0 Å². The maximum atomic E-state index is 12.3. The first-order chi connectivity index (χ1) is 8.49. The van der Waals surface area contributed by atoms with Gasteiger partial charge in [0.2, 0.25) is 0 Å². The molecule has 1 amide bonds. The van der Waals surface area contributed by atoms with Crippen LogP contribution < -0.4 is 4.90 Å². The molecule has 0 spiro atoms. The number of aromatic nitrogens is 1. The lowest BCUT2D eigenvalue weighted by Crippen LogP contribution is -2.27. The molecule has 0 N–H and O–H groups in total. The summed E-state index contributed by atoms with van der Waals surface area (Å²) in [5, 5.41) is 2.71. The number of anilines is 1. The zero-order chi connectivity index (χ0) is 13.3. The fourth-order valence-electron chi connectivity index (χ4n) is 1.92. The van der Waals surface area contributed by atoms with Crippen molar-refractivity contribution in [3.8, 4) is 0 Å². The van der Waals surface area contributed by atoms with Crippen LogP contribution in [0.15, 0.2) is 23.6 Å². The van der Waals surface area contributed by atoms with Crippen molar-refractivity contribution in [2.45, 2.75) is 20.8 Å². The molecular weight excluding hydrogens is 244 g/mol. The average Bonchev–Trinajstić information content (AvgIpc) is 2.74. The SMILES string of the molecule is Cc1ccc(N(C)C(=O)c2csc(C)n2)c(C)c1.